The van der Waals surface area contributed by atoms with E-state index in [0.29, 0.717) is 11.7 Å². The molecule has 0 spiro atoms. The highest BCUT2D eigenvalue weighted by Gasteiger charge is 2.12. The van der Waals surface area contributed by atoms with E-state index in [1.807, 2.05) is 6.07 Å². The topological polar surface area (TPSA) is 54.3 Å². The van der Waals surface area contributed by atoms with Gasteiger partial charge in [-0.1, -0.05) is 0 Å². The number of hydrogen-bond donors (Lipinski definition) is 2. The van der Waals surface area contributed by atoms with E-state index in [1.54, 1.807) is 18.4 Å². The maximum Gasteiger partial charge on any atom is 0.244 e. The minimum absolute atomic E-state index is 0.0630. The van der Waals surface area contributed by atoms with E-state index >= 15 is 0 Å². The van der Waals surface area contributed by atoms with Crippen molar-refractivity contribution in [3.05, 3.63) is 30.2 Å². The van der Waals surface area contributed by atoms with Crippen molar-refractivity contribution < 1.29 is 9.21 Å². The third-order valence-electron chi connectivity index (χ3n) is 2.91. The largest absolute Gasteiger partial charge is 0.465 e. The summed E-state index contributed by atoms with van der Waals surface area (Å²) in [6.45, 7) is 2.85. The van der Waals surface area contributed by atoms with Crippen LogP contribution in [0.25, 0.3) is 6.08 Å². The summed E-state index contributed by atoms with van der Waals surface area (Å²) in [5, 5.41) is 6.24. The van der Waals surface area contributed by atoms with Gasteiger partial charge in [0.15, 0.2) is 0 Å². The molecule has 1 aliphatic rings. The van der Waals surface area contributed by atoms with Crippen LogP contribution in [0.5, 0.6) is 0 Å². The van der Waals surface area contributed by atoms with E-state index in [9.17, 15) is 4.79 Å². The summed E-state index contributed by atoms with van der Waals surface area (Å²) in [5.41, 5.74) is 0. The van der Waals surface area contributed by atoms with E-state index in [4.69, 9.17) is 4.42 Å². The van der Waals surface area contributed by atoms with Crippen LogP contribution in [0.2, 0.25) is 0 Å². The third kappa shape index (κ3) is 4.07. The lowest BCUT2D eigenvalue weighted by molar-refractivity contribution is -0.116. The Morgan fingerprint density at radius 1 is 1.65 bits per heavy atom. The van der Waals surface area contributed by atoms with Crippen LogP contribution in [-0.2, 0) is 4.79 Å². The molecule has 2 heterocycles. The number of hydrogen-bond acceptors (Lipinski definition) is 3. The first-order valence-electron chi connectivity index (χ1n) is 6.05. The first kappa shape index (κ1) is 11.9. The number of amides is 1. The average Bonchev–Trinajstić information content (AvgIpc) is 2.88. The number of carbonyl (C=O) groups is 1. The molecule has 1 fully saturated rings. The standard InChI is InChI=1S/C13H18N2O2/c16-13(6-5-12-4-2-8-17-12)15-10-11-3-1-7-14-9-11/h2,4-6,8,11,14H,1,3,7,9-10H2,(H,15,16). The highest BCUT2D eigenvalue weighted by Crippen LogP contribution is 2.08. The predicted octanol–water partition coefficient (Wildman–Crippen LogP) is 1.41. The summed E-state index contributed by atoms with van der Waals surface area (Å²) < 4.78 is 5.10. The molecule has 0 aliphatic carbocycles. The monoisotopic (exact) mass is 234 g/mol. The van der Waals surface area contributed by atoms with Gasteiger partial charge in [0, 0.05) is 12.6 Å². The molecule has 4 nitrogen and oxygen atoms in total. The smallest absolute Gasteiger partial charge is 0.244 e. The highest BCUT2D eigenvalue weighted by atomic mass is 16.3. The predicted molar refractivity (Wildman–Crippen MR) is 66.3 cm³/mol. The molecular formula is C13H18N2O2. The molecule has 1 amide bonds. The number of piperidine rings is 1. The molecule has 4 heteroatoms. The maximum absolute atomic E-state index is 11.5. The van der Waals surface area contributed by atoms with Crippen molar-refractivity contribution in [1.82, 2.24) is 10.6 Å². The Hall–Kier alpha value is -1.55. The van der Waals surface area contributed by atoms with E-state index < -0.39 is 0 Å². The lowest BCUT2D eigenvalue weighted by Gasteiger charge is -2.22. The van der Waals surface area contributed by atoms with Crippen molar-refractivity contribution in [1.29, 1.82) is 0 Å². The number of rotatable bonds is 4. The molecule has 0 bridgehead atoms. The highest BCUT2D eigenvalue weighted by molar-refractivity contribution is 5.91. The molecule has 17 heavy (non-hydrogen) atoms. The van der Waals surface area contributed by atoms with Gasteiger partial charge in [0.05, 0.1) is 6.26 Å². The van der Waals surface area contributed by atoms with Crippen LogP contribution in [0.1, 0.15) is 18.6 Å². The Morgan fingerprint density at radius 3 is 3.29 bits per heavy atom. The summed E-state index contributed by atoms with van der Waals surface area (Å²) in [6, 6.07) is 3.61. The van der Waals surface area contributed by atoms with Gasteiger partial charge in [-0.2, -0.15) is 0 Å². The van der Waals surface area contributed by atoms with Crippen molar-refractivity contribution in [2.75, 3.05) is 19.6 Å². The minimum atomic E-state index is -0.0630. The molecule has 0 radical (unpaired) electrons. The van der Waals surface area contributed by atoms with Crippen molar-refractivity contribution >= 4 is 12.0 Å². The van der Waals surface area contributed by atoms with Crippen LogP contribution < -0.4 is 10.6 Å². The summed E-state index contributed by atoms with van der Waals surface area (Å²) in [4.78, 5) is 11.5. The molecule has 0 aromatic carbocycles. The van der Waals surface area contributed by atoms with Crippen LogP contribution in [0, 0.1) is 5.92 Å². The van der Waals surface area contributed by atoms with Gasteiger partial charge in [-0.3, -0.25) is 4.79 Å². The molecule has 92 valence electrons. The molecule has 1 aromatic heterocycles. The summed E-state index contributed by atoms with van der Waals surface area (Å²) in [5.74, 6) is 1.19. The van der Waals surface area contributed by atoms with Gasteiger partial charge in [0.25, 0.3) is 0 Å². The Balaban J connectivity index is 1.70. The van der Waals surface area contributed by atoms with Gasteiger partial charge >= 0.3 is 0 Å². The Labute approximate surface area is 101 Å². The molecule has 1 atom stereocenters. The Morgan fingerprint density at radius 2 is 2.59 bits per heavy atom. The number of carbonyl (C=O) groups excluding carboxylic acids is 1. The molecule has 1 aliphatic heterocycles. The fourth-order valence-electron chi connectivity index (χ4n) is 1.95. The average molecular weight is 234 g/mol. The second-order valence-corrected chi connectivity index (χ2v) is 4.31. The van der Waals surface area contributed by atoms with Crippen LogP contribution >= 0.6 is 0 Å². The number of furan rings is 1. The molecule has 0 saturated carbocycles. The van der Waals surface area contributed by atoms with Crippen molar-refractivity contribution in [3.8, 4) is 0 Å². The fourth-order valence-corrected chi connectivity index (χ4v) is 1.95. The van der Waals surface area contributed by atoms with Crippen molar-refractivity contribution in [3.63, 3.8) is 0 Å². The first-order valence-corrected chi connectivity index (χ1v) is 6.05. The Kier molecular flexibility index (Phi) is 4.38. The zero-order chi connectivity index (χ0) is 11.9. The van der Waals surface area contributed by atoms with E-state index in [1.165, 1.54) is 18.9 Å². The van der Waals surface area contributed by atoms with Gasteiger partial charge in [0.1, 0.15) is 5.76 Å². The molecular weight excluding hydrogens is 216 g/mol. The number of nitrogens with one attached hydrogen (secondary N) is 2. The lowest BCUT2D eigenvalue weighted by Crippen LogP contribution is -2.37. The van der Waals surface area contributed by atoms with Crippen LogP contribution in [0.3, 0.4) is 0 Å². The molecule has 2 N–H and O–H groups in total. The zero-order valence-electron chi connectivity index (χ0n) is 9.82. The second kappa shape index (κ2) is 6.25. The third-order valence-corrected chi connectivity index (χ3v) is 2.91. The zero-order valence-corrected chi connectivity index (χ0v) is 9.82. The van der Waals surface area contributed by atoms with Crippen molar-refractivity contribution in [2.45, 2.75) is 12.8 Å². The molecule has 1 saturated heterocycles. The van der Waals surface area contributed by atoms with Gasteiger partial charge in [-0.25, -0.2) is 0 Å². The maximum atomic E-state index is 11.5. The van der Waals surface area contributed by atoms with Gasteiger partial charge in [0.2, 0.25) is 5.91 Å². The van der Waals surface area contributed by atoms with E-state index in [0.717, 1.165) is 19.6 Å². The SMILES string of the molecule is O=C(C=Cc1ccco1)NCC1CCCNC1. The summed E-state index contributed by atoms with van der Waals surface area (Å²) in [6.07, 6.45) is 7.16. The minimum Gasteiger partial charge on any atom is -0.465 e. The normalized spacial score (nSPS) is 20.6. The van der Waals surface area contributed by atoms with Gasteiger partial charge < -0.3 is 15.1 Å². The first-order chi connectivity index (χ1) is 8.34. The van der Waals surface area contributed by atoms with Gasteiger partial charge in [-0.15, -0.1) is 0 Å². The van der Waals surface area contributed by atoms with Crippen molar-refractivity contribution in [2.24, 2.45) is 5.92 Å². The van der Waals surface area contributed by atoms with Crippen LogP contribution in [0.4, 0.5) is 0 Å². The fraction of sp³-hybridized carbons (Fsp3) is 0.462. The van der Waals surface area contributed by atoms with Crippen LogP contribution in [0.15, 0.2) is 28.9 Å². The molecule has 2 rings (SSSR count). The molecule has 1 aromatic rings. The lowest BCUT2D eigenvalue weighted by atomic mass is 10.00. The Bertz CT molecular complexity index is 365. The molecule has 1 unspecified atom stereocenters. The second-order valence-electron chi connectivity index (χ2n) is 4.31. The van der Waals surface area contributed by atoms with Gasteiger partial charge in [-0.05, 0) is 50.1 Å². The summed E-state index contributed by atoms with van der Waals surface area (Å²) in [7, 11) is 0. The van der Waals surface area contributed by atoms with E-state index in [2.05, 4.69) is 10.6 Å². The van der Waals surface area contributed by atoms with Crippen LogP contribution in [-0.4, -0.2) is 25.5 Å². The van der Waals surface area contributed by atoms with E-state index in [-0.39, 0.29) is 5.91 Å². The quantitative estimate of drug-likeness (QED) is 0.774. The summed E-state index contributed by atoms with van der Waals surface area (Å²) >= 11 is 0.